The van der Waals surface area contributed by atoms with Crippen LogP contribution in [0.25, 0.3) is 0 Å². The van der Waals surface area contributed by atoms with Crippen molar-refractivity contribution in [2.75, 3.05) is 220 Å². The van der Waals surface area contributed by atoms with Gasteiger partial charge in [0.05, 0.1) is 220 Å². The molecular formula is C44H88Cl80O2. The summed E-state index contributed by atoms with van der Waals surface area (Å²) in [5.41, 5.74) is 0. The molecule has 0 fully saturated rings. The molecule has 82 heteroatoms. The minimum atomic E-state index is -0.211. The highest BCUT2D eigenvalue weighted by atomic mass is 35.6. The van der Waals surface area contributed by atoms with Crippen LogP contribution >= 0.6 is 928 Å². The molecule has 0 spiro atoms. The summed E-state index contributed by atoms with van der Waals surface area (Å²) in [6.45, 7) is 3.65. The van der Waals surface area contributed by atoms with Crippen LogP contribution in [0.4, 0.5) is 0 Å². The van der Waals surface area contributed by atoms with Gasteiger partial charge in [-0.05, 0) is 6.92 Å². The Morgan fingerprint density at radius 1 is 0.111 bits per heavy atom. The number of rotatable bonds is 1. The van der Waals surface area contributed by atoms with E-state index in [2.05, 4.69) is 4.74 Å². The van der Waals surface area contributed by atoms with Crippen molar-refractivity contribution in [2.45, 2.75) is 13.8 Å². The maximum Gasteiger partial charge on any atom is 0.302 e. The quantitative estimate of drug-likeness (QED) is 0.193. The Kier molecular flexibility index (Phi) is 1540. The van der Waals surface area contributed by atoms with E-state index in [0.717, 1.165) is 0 Å². The number of alkyl halides is 80. The Balaban J connectivity index is -0.0000000151. The average Bonchev–Trinajstić information content (AvgIpc) is 3.65. The molecule has 0 aromatic rings. The van der Waals surface area contributed by atoms with Crippen molar-refractivity contribution in [3.8, 4) is 0 Å². The van der Waals surface area contributed by atoms with Crippen LogP contribution in [0.2, 0.25) is 0 Å². The maximum atomic E-state index is 9.82. The van der Waals surface area contributed by atoms with Crippen LogP contribution in [0.15, 0.2) is 0 Å². The molecule has 0 saturated heterocycles. The Labute approximate surface area is 1160 Å². The normalized spacial score (nSPS) is 6.08. The van der Waals surface area contributed by atoms with Crippen LogP contribution in [-0.4, -0.2) is 226 Å². The number of hydrogen-bond acceptors (Lipinski definition) is 2. The Hall–Kier alpha value is 22.7. The van der Waals surface area contributed by atoms with Gasteiger partial charge in [0.25, 0.3) is 0 Å². The van der Waals surface area contributed by atoms with E-state index in [1.54, 1.807) is 6.92 Å². The zero-order valence-corrected chi connectivity index (χ0v) is 123. The van der Waals surface area contributed by atoms with Crippen LogP contribution in [0.3, 0.4) is 0 Å². The third kappa shape index (κ3) is 4720. The molecule has 0 aliphatic heterocycles. The van der Waals surface area contributed by atoms with Crippen molar-refractivity contribution in [3.05, 3.63) is 0 Å². The van der Waals surface area contributed by atoms with Crippen LogP contribution in [-0.2, 0) is 9.53 Å². The van der Waals surface area contributed by atoms with Gasteiger partial charge in [0.2, 0.25) is 0 Å². The highest BCUT2D eigenvalue weighted by molar-refractivity contribution is 6.51. The molecule has 0 aromatic carbocycles. The summed E-state index contributed by atoms with van der Waals surface area (Å²) in [5.74, 6) is -0.211. The minimum Gasteiger partial charge on any atom is -0.466 e. The first-order valence-electron chi connectivity index (χ1n) is 23.3. The number of hydrogen-bond donors (Lipinski definition) is 0. The topological polar surface area (TPSA) is 26.3 Å². The molecule has 0 unspecified atom stereocenters. The summed E-state index contributed by atoms with van der Waals surface area (Å²) in [5, 5.41) is 7.78. The Morgan fingerprint density at radius 2 is 0.135 bits per heavy atom. The van der Waals surface area contributed by atoms with Gasteiger partial charge in [0.15, 0.2) is 0 Å². The second kappa shape index (κ2) is 694. The van der Waals surface area contributed by atoms with E-state index in [0.29, 0.717) is 6.61 Å². The smallest absolute Gasteiger partial charge is 0.302 e. The predicted octanol–water partition coefficient (Wildman–Crippen LogP) is 57.4. The van der Waals surface area contributed by atoms with Gasteiger partial charge < -0.3 is 4.74 Å². The third-order valence-electron chi connectivity index (χ3n) is 0.348. The monoisotopic (exact) mass is 3450 g/mol. The molecule has 0 aliphatic rings. The minimum absolute atomic E-state index is 0.194. The maximum absolute atomic E-state index is 9.82. The van der Waals surface area contributed by atoms with Gasteiger partial charge in [-0.1, -0.05) is 0 Å². The second-order valence-electron chi connectivity index (χ2n) is 4.97. The molecule has 0 rings (SSSR count). The highest BCUT2D eigenvalue weighted by Gasteiger charge is 1.81. The van der Waals surface area contributed by atoms with E-state index in [9.17, 15) is 4.79 Å². The molecule has 0 N–H and O–H groups in total. The molecule has 0 radical (unpaired) electrons. The van der Waals surface area contributed by atoms with Gasteiger partial charge in [-0.25, -0.2) is 0 Å². The van der Waals surface area contributed by atoms with E-state index >= 15 is 0 Å². The van der Waals surface area contributed by atoms with Gasteiger partial charge in [0.1, 0.15) is 0 Å². The first-order valence-corrected chi connectivity index (χ1v) is 66.0. The van der Waals surface area contributed by atoms with Gasteiger partial charge in [-0.3, -0.25) is 4.79 Å². The summed E-state index contributed by atoms with van der Waals surface area (Å²) >= 11 is 381. The van der Waals surface area contributed by atoms with Gasteiger partial charge in [0, 0.05) is 6.92 Å². The van der Waals surface area contributed by atoms with Crippen molar-refractivity contribution < 1.29 is 9.53 Å². The zero-order chi connectivity index (χ0) is 113. The fraction of sp³-hybridized carbons (Fsp3) is 0.977. The molecule has 0 heterocycles. The van der Waals surface area contributed by atoms with Crippen LogP contribution < -0.4 is 0 Å². The molecule has 126 heavy (non-hydrogen) atoms. The SMILES string of the molecule is CCOC(C)=O.ClCCl.ClCCl.ClCCl.ClCCl.ClCCl.ClCCl.ClCCl.ClCCl.ClCCl.ClCCl.ClCCl.ClCCl.ClCCl.ClCCl.ClCCl.ClCCl.ClCCl.ClCCl.ClCCl.ClCCl.ClCCl.ClCCl.ClCCl.ClCCl.ClCCl.ClCCl.ClCCl.ClCCl.ClCCl.ClCCl.ClCCl.ClCCl.ClCCl.ClCCl.ClCCl.ClCCl.ClCCl.ClCCl.ClCCl.ClCCl. The van der Waals surface area contributed by atoms with Crippen LogP contribution in [0.1, 0.15) is 13.8 Å². The summed E-state index contributed by atoms with van der Waals surface area (Å²) in [6, 6.07) is 0. The van der Waals surface area contributed by atoms with E-state index in [1.165, 1.54) is 6.92 Å². The molecule has 0 atom stereocenters. The standard InChI is InChI=1S/C4H8O2.40CH2Cl2/c1-3-6-4(2)5;40*2-1-3/h3H2,1-2H3;40*1H2. The number of ether oxygens (including phenoxy) is 1. The van der Waals surface area contributed by atoms with E-state index in [1.807, 2.05) is 0 Å². The van der Waals surface area contributed by atoms with Gasteiger partial charge >= 0.3 is 5.97 Å². The summed E-state index contributed by atoms with van der Waals surface area (Å²) < 4.78 is 4.40. The van der Waals surface area contributed by atoms with E-state index < -0.39 is 0 Å². The van der Waals surface area contributed by atoms with Gasteiger partial charge in [-0.2, -0.15) is 0 Å². The van der Waals surface area contributed by atoms with E-state index in [-0.39, 0.29) is 220 Å². The molecule has 0 bridgehead atoms. The predicted molar refractivity (Wildman–Crippen MR) is 685 cm³/mol. The lowest BCUT2D eigenvalue weighted by Crippen LogP contribution is -1.95. The van der Waals surface area contributed by atoms with E-state index in [4.69, 9.17) is 928 Å². The van der Waals surface area contributed by atoms with Crippen LogP contribution in [0.5, 0.6) is 0 Å². The average molecular weight is 3490 g/mol. The summed E-state index contributed by atoms with van der Waals surface area (Å²) in [6.07, 6.45) is 0. The van der Waals surface area contributed by atoms with Gasteiger partial charge in [-0.15, -0.1) is 928 Å². The second-order valence-corrected chi connectivity index (χ2v) is 37.3. The molecule has 0 aliphatic carbocycles. The first-order chi connectivity index (χ1) is 59.3. The Bertz CT molecular complexity index is 450. The lowest BCUT2D eigenvalue weighted by Gasteiger charge is -1.89. The zero-order valence-electron chi connectivity index (χ0n) is 62.5. The fourth-order valence-electron chi connectivity index (χ4n) is 0.203. The highest BCUT2D eigenvalue weighted by Crippen LogP contribution is 1.85. The Morgan fingerprint density at radius 3 is 0.135 bits per heavy atom. The lowest BCUT2D eigenvalue weighted by atomic mass is 10.8. The largest absolute Gasteiger partial charge is 0.466 e. The van der Waals surface area contributed by atoms with Crippen molar-refractivity contribution >= 4 is 934 Å². The van der Waals surface area contributed by atoms with Crippen molar-refractivity contribution in [3.63, 3.8) is 0 Å². The first kappa shape index (κ1) is 280. The lowest BCUT2D eigenvalue weighted by molar-refractivity contribution is -0.140. The molecule has 0 amide bonds. The van der Waals surface area contributed by atoms with Crippen molar-refractivity contribution in [1.29, 1.82) is 0 Å². The molecule has 0 saturated carbocycles. The molecular weight excluding hydrogens is 3400 g/mol. The third-order valence-corrected chi connectivity index (χ3v) is 0.348. The number of esters is 1. The van der Waals surface area contributed by atoms with Crippen molar-refractivity contribution in [1.82, 2.24) is 0 Å². The fourth-order valence-corrected chi connectivity index (χ4v) is 0.203. The summed E-state index contributed by atoms with van der Waals surface area (Å²) in [4.78, 5) is 9.82. The van der Waals surface area contributed by atoms with Crippen LogP contribution in [0, 0.1) is 0 Å². The molecule has 836 valence electrons. The molecule has 2 nitrogen and oxygen atoms in total. The molecule has 0 aromatic heterocycles. The number of carbonyl (C=O) groups excluding carboxylic acids is 1. The number of carbonyl (C=O) groups is 1. The van der Waals surface area contributed by atoms with Crippen molar-refractivity contribution in [2.24, 2.45) is 0 Å². The number of halogens is 80. The summed E-state index contributed by atoms with van der Waals surface area (Å²) in [7, 11) is 0.